The van der Waals surface area contributed by atoms with Crippen molar-refractivity contribution in [3.63, 3.8) is 0 Å². The second-order valence-electron chi connectivity index (χ2n) is 8.10. The van der Waals surface area contributed by atoms with Gasteiger partial charge in [0.05, 0.1) is 11.7 Å². The Kier molecular flexibility index (Phi) is 5.69. The average Bonchev–Trinajstić information content (AvgIpc) is 3.42. The number of H-pyrrole nitrogens is 1. The van der Waals surface area contributed by atoms with E-state index in [9.17, 15) is 9.59 Å². The second-order valence-corrected chi connectivity index (χ2v) is 8.10. The molecular weight excluding hydrogens is 364 g/mol. The number of hydrogen-bond donors (Lipinski definition) is 1. The summed E-state index contributed by atoms with van der Waals surface area (Å²) >= 11 is 0. The summed E-state index contributed by atoms with van der Waals surface area (Å²) < 4.78 is 0. The number of likely N-dealkylation sites (tertiary alicyclic amines) is 1. The fraction of sp³-hybridized carbons (Fsp3) is 0.522. The fourth-order valence-electron chi connectivity index (χ4n) is 4.70. The zero-order chi connectivity index (χ0) is 20.4. The molecule has 1 saturated heterocycles. The Balaban J connectivity index is 1.55. The lowest BCUT2D eigenvalue weighted by Crippen LogP contribution is -2.41. The average molecular weight is 395 g/mol. The smallest absolute Gasteiger partial charge is 0.278 e. The van der Waals surface area contributed by atoms with Gasteiger partial charge < -0.3 is 9.80 Å². The van der Waals surface area contributed by atoms with Crippen LogP contribution in [-0.2, 0) is 11.2 Å². The number of anilines is 1. The Morgan fingerprint density at radius 3 is 2.76 bits per heavy atom. The minimum Gasteiger partial charge on any atom is -0.334 e. The number of nitrogens with one attached hydrogen (secondary N) is 1. The van der Waals surface area contributed by atoms with Gasteiger partial charge in [0.1, 0.15) is 0 Å². The van der Waals surface area contributed by atoms with E-state index in [-0.39, 0.29) is 23.8 Å². The Hall–Kier alpha value is -2.63. The molecule has 2 aromatic rings. The van der Waals surface area contributed by atoms with Crippen LogP contribution in [0.4, 0.5) is 5.69 Å². The molecule has 2 aliphatic rings. The number of nitrogens with zero attached hydrogens (tertiary/aromatic N) is 3. The summed E-state index contributed by atoms with van der Waals surface area (Å²) in [5.41, 5.74) is 3.48. The quantitative estimate of drug-likeness (QED) is 0.830. The Morgan fingerprint density at radius 1 is 1.17 bits per heavy atom. The summed E-state index contributed by atoms with van der Waals surface area (Å²) in [4.78, 5) is 29.9. The third-order valence-electron chi connectivity index (χ3n) is 6.43. The molecule has 1 fully saturated rings. The molecule has 1 aromatic carbocycles. The number of rotatable bonds is 5. The minimum atomic E-state index is -0.0777. The highest BCUT2D eigenvalue weighted by atomic mass is 16.2. The Labute approximate surface area is 172 Å². The normalized spacial score (nSPS) is 18.9. The van der Waals surface area contributed by atoms with Crippen LogP contribution in [0.1, 0.15) is 73.7 Å². The van der Waals surface area contributed by atoms with Crippen molar-refractivity contribution >= 4 is 17.5 Å². The molecule has 2 aliphatic heterocycles. The highest BCUT2D eigenvalue weighted by molar-refractivity contribution is 6.06. The molecule has 1 N–H and O–H groups in total. The van der Waals surface area contributed by atoms with Crippen LogP contribution in [0, 0.1) is 5.92 Å². The topological polar surface area (TPSA) is 69.3 Å². The Bertz CT molecular complexity index is 887. The monoisotopic (exact) mass is 394 g/mol. The summed E-state index contributed by atoms with van der Waals surface area (Å²) in [7, 11) is 0. The first-order valence-electron chi connectivity index (χ1n) is 10.9. The minimum absolute atomic E-state index is 0.0169. The standard InChI is InChI=1S/C23H30N4O2/c1-3-16(4-2)22(28)26-13-8-7-11-21(26)18-15-19(25-24-18)23(29)27-14-12-17-9-5-6-10-20(17)27/h5-6,9-10,15-16,21H,3-4,7-8,11-14H2,1-2H3,(H,24,25). The maximum Gasteiger partial charge on any atom is 0.278 e. The van der Waals surface area contributed by atoms with Crippen molar-refractivity contribution in [3.8, 4) is 0 Å². The van der Waals surface area contributed by atoms with E-state index >= 15 is 0 Å². The predicted octanol–water partition coefficient (Wildman–Crippen LogP) is 4.10. The number of carbonyl (C=O) groups excluding carboxylic acids is 2. The van der Waals surface area contributed by atoms with E-state index in [1.165, 1.54) is 5.56 Å². The van der Waals surface area contributed by atoms with E-state index < -0.39 is 0 Å². The van der Waals surface area contributed by atoms with Gasteiger partial charge in [-0.25, -0.2) is 0 Å². The van der Waals surface area contributed by atoms with E-state index in [2.05, 4.69) is 30.1 Å². The van der Waals surface area contributed by atoms with Crippen molar-refractivity contribution < 1.29 is 9.59 Å². The van der Waals surface area contributed by atoms with Crippen molar-refractivity contribution in [3.05, 3.63) is 47.3 Å². The van der Waals surface area contributed by atoms with Crippen LogP contribution in [0.5, 0.6) is 0 Å². The highest BCUT2D eigenvalue weighted by Crippen LogP contribution is 2.33. The second kappa shape index (κ2) is 8.39. The number of aromatic nitrogens is 2. The first-order valence-corrected chi connectivity index (χ1v) is 10.9. The molecule has 1 unspecified atom stereocenters. The van der Waals surface area contributed by atoms with Gasteiger partial charge in [-0.05, 0) is 56.2 Å². The molecule has 3 heterocycles. The maximum absolute atomic E-state index is 13.1. The van der Waals surface area contributed by atoms with Gasteiger partial charge >= 0.3 is 0 Å². The molecule has 2 amide bonds. The maximum atomic E-state index is 13.1. The summed E-state index contributed by atoms with van der Waals surface area (Å²) in [5, 5.41) is 7.41. The van der Waals surface area contributed by atoms with E-state index in [0.29, 0.717) is 12.2 Å². The van der Waals surface area contributed by atoms with Gasteiger partial charge in [-0.15, -0.1) is 0 Å². The first-order chi connectivity index (χ1) is 14.1. The van der Waals surface area contributed by atoms with Gasteiger partial charge in [0.2, 0.25) is 5.91 Å². The van der Waals surface area contributed by atoms with E-state index in [1.807, 2.05) is 34.1 Å². The number of amides is 2. The molecule has 6 nitrogen and oxygen atoms in total. The number of piperidine rings is 1. The van der Waals surface area contributed by atoms with Crippen LogP contribution < -0.4 is 4.90 Å². The van der Waals surface area contributed by atoms with Crippen LogP contribution in [0.25, 0.3) is 0 Å². The van der Waals surface area contributed by atoms with Gasteiger partial charge in [0, 0.05) is 24.7 Å². The van der Waals surface area contributed by atoms with Gasteiger partial charge in [-0.3, -0.25) is 14.7 Å². The molecular formula is C23H30N4O2. The van der Waals surface area contributed by atoms with E-state index in [0.717, 1.165) is 56.5 Å². The molecule has 1 aromatic heterocycles. The van der Waals surface area contributed by atoms with E-state index in [4.69, 9.17) is 0 Å². The summed E-state index contributed by atoms with van der Waals surface area (Å²) in [5.74, 6) is 0.225. The predicted molar refractivity (Wildman–Crippen MR) is 113 cm³/mol. The number of aromatic amines is 1. The lowest BCUT2D eigenvalue weighted by atomic mass is 9.94. The third-order valence-corrected chi connectivity index (χ3v) is 6.43. The number of hydrogen-bond acceptors (Lipinski definition) is 3. The SMILES string of the molecule is CCC(CC)C(=O)N1CCCCC1c1cc(C(=O)N2CCc3ccccc32)n[nH]1. The first kappa shape index (κ1) is 19.7. The summed E-state index contributed by atoms with van der Waals surface area (Å²) in [6.07, 6.45) is 5.62. The van der Waals surface area contributed by atoms with Crippen molar-refractivity contribution in [1.29, 1.82) is 0 Å². The molecule has 4 rings (SSSR count). The van der Waals surface area contributed by atoms with Crippen LogP contribution >= 0.6 is 0 Å². The highest BCUT2D eigenvalue weighted by Gasteiger charge is 2.33. The third kappa shape index (κ3) is 3.68. The van der Waals surface area contributed by atoms with Gasteiger partial charge in [0.25, 0.3) is 5.91 Å². The van der Waals surface area contributed by atoms with Crippen molar-refractivity contribution in [2.75, 3.05) is 18.0 Å². The molecule has 0 aliphatic carbocycles. The number of fused-ring (bicyclic) bond motifs is 1. The van der Waals surface area contributed by atoms with Gasteiger partial charge in [0.15, 0.2) is 5.69 Å². The summed E-state index contributed by atoms with van der Waals surface area (Å²) in [6, 6.07) is 9.87. The van der Waals surface area contributed by atoms with Crippen LogP contribution in [0.15, 0.2) is 30.3 Å². The van der Waals surface area contributed by atoms with Gasteiger partial charge in [-0.2, -0.15) is 5.10 Å². The van der Waals surface area contributed by atoms with Crippen LogP contribution in [0.3, 0.4) is 0 Å². The van der Waals surface area contributed by atoms with Crippen molar-refractivity contribution in [1.82, 2.24) is 15.1 Å². The fourth-order valence-corrected chi connectivity index (χ4v) is 4.70. The zero-order valence-electron chi connectivity index (χ0n) is 17.4. The van der Waals surface area contributed by atoms with Crippen LogP contribution in [-0.4, -0.2) is 40.0 Å². The molecule has 154 valence electrons. The van der Waals surface area contributed by atoms with Crippen molar-refractivity contribution in [2.24, 2.45) is 5.92 Å². The molecule has 6 heteroatoms. The largest absolute Gasteiger partial charge is 0.334 e. The molecule has 0 spiro atoms. The molecule has 29 heavy (non-hydrogen) atoms. The molecule has 1 atom stereocenters. The summed E-state index contributed by atoms with van der Waals surface area (Å²) in [6.45, 7) is 5.61. The lowest BCUT2D eigenvalue weighted by Gasteiger charge is -2.37. The van der Waals surface area contributed by atoms with Gasteiger partial charge in [-0.1, -0.05) is 32.0 Å². The van der Waals surface area contributed by atoms with Crippen LogP contribution in [0.2, 0.25) is 0 Å². The number of carbonyl (C=O) groups is 2. The zero-order valence-corrected chi connectivity index (χ0v) is 17.4. The molecule has 0 saturated carbocycles. The molecule has 0 radical (unpaired) electrons. The Morgan fingerprint density at radius 2 is 1.97 bits per heavy atom. The van der Waals surface area contributed by atoms with Crippen molar-refractivity contribution in [2.45, 2.75) is 58.4 Å². The molecule has 0 bridgehead atoms. The van der Waals surface area contributed by atoms with E-state index in [1.54, 1.807) is 0 Å². The number of benzene rings is 1. The number of para-hydroxylation sites is 1. The lowest BCUT2D eigenvalue weighted by molar-refractivity contribution is -0.139.